The van der Waals surface area contributed by atoms with Gasteiger partial charge in [0.15, 0.2) is 0 Å². The lowest BCUT2D eigenvalue weighted by Gasteiger charge is -2.15. The van der Waals surface area contributed by atoms with Crippen LogP contribution in [0.25, 0.3) is 0 Å². The van der Waals surface area contributed by atoms with E-state index in [-0.39, 0.29) is 0 Å². The summed E-state index contributed by atoms with van der Waals surface area (Å²) in [6.07, 6.45) is 1.12. The Morgan fingerprint density at radius 3 is 2.89 bits per heavy atom. The summed E-state index contributed by atoms with van der Waals surface area (Å²) in [4.78, 5) is 4.87. The van der Waals surface area contributed by atoms with Gasteiger partial charge in [0.2, 0.25) is 0 Å². The van der Waals surface area contributed by atoms with E-state index >= 15 is 0 Å². The summed E-state index contributed by atoms with van der Waals surface area (Å²) in [6, 6.07) is 4.22. The van der Waals surface area contributed by atoms with E-state index in [1.165, 1.54) is 11.5 Å². The second-order valence-corrected chi connectivity index (χ2v) is 6.11. The summed E-state index contributed by atoms with van der Waals surface area (Å²) in [5.41, 5.74) is 7.45. The van der Waals surface area contributed by atoms with Gasteiger partial charge in [-0.25, -0.2) is 4.98 Å². The molecule has 0 aliphatic heterocycles. The molecule has 0 aliphatic carbocycles. The van der Waals surface area contributed by atoms with Gasteiger partial charge in [0.05, 0.1) is 0 Å². The highest BCUT2D eigenvalue weighted by atomic mass is 32.2. The van der Waals surface area contributed by atoms with E-state index in [9.17, 15) is 0 Å². The molecule has 1 heterocycles. The fourth-order valence-electron chi connectivity index (χ4n) is 1.61. The van der Waals surface area contributed by atoms with Gasteiger partial charge < -0.3 is 11.1 Å². The molecule has 0 spiro atoms. The van der Waals surface area contributed by atoms with Crippen LogP contribution in [0.2, 0.25) is 0 Å². The predicted molar refractivity (Wildman–Crippen MR) is 85.6 cm³/mol. The number of anilines is 1. The maximum Gasteiger partial charge on any atom is 0.127 e. The van der Waals surface area contributed by atoms with E-state index in [1.54, 1.807) is 0 Å². The molecular weight excluding hydrogens is 262 g/mol. The third-order valence-corrected chi connectivity index (χ3v) is 3.70. The Kier molecular flexibility index (Phi) is 6.43. The van der Waals surface area contributed by atoms with Crippen molar-refractivity contribution in [1.82, 2.24) is 4.98 Å². The largest absolute Gasteiger partial charge is 0.389 e. The summed E-state index contributed by atoms with van der Waals surface area (Å²) in [5, 5.41) is 3.40. The number of hydrogen-bond donors (Lipinski definition) is 2. The first-order valence-corrected chi connectivity index (χ1v) is 7.72. The van der Waals surface area contributed by atoms with Crippen molar-refractivity contribution in [3.63, 3.8) is 0 Å². The summed E-state index contributed by atoms with van der Waals surface area (Å²) in [7, 11) is 0. The minimum atomic E-state index is 0.401. The van der Waals surface area contributed by atoms with Gasteiger partial charge in [0.1, 0.15) is 10.8 Å². The van der Waals surface area contributed by atoms with E-state index in [2.05, 4.69) is 24.1 Å². The summed E-state index contributed by atoms with van der Waals surface area (Å²) < 4.78 is 0. The van der Waals surface area contributed by atoms with E-state index in [1.807, 2.05) is 30.8 Å². The van der Waals surface area contributed by atoms with Crippen LogP contribution >= 0.6 is 24.0 Å². The predicted octanol–water partition coefficient (Wildman–Crippen LogP) is 2.97. The Bertz CT molecular complexity index is 407. The molecule has 1 unspecified atom stereocenters. The Hall–Kier alpha value is -0.810. The summed E-state index contributed by atoms with van der Waals surface area (Å²) in [5.74, 6) is 3.19. The number of thioether (sulfide) groups is 1. The lowest BCUT2D eigenvalue weighted by molar-refractivity contribution is 0.766. The maximum absolute atomic E-state index is 5.65. The van der Waals surface area contributed by atoms with Crippen LogP contribution in [0.5, 0.6) is 0 Å². The number of nitrogens with zero attached hydrogens (tertiary/aromatic N) is 1. The molecule has 0 fully saturated rings. The lowest BCUT2D eigenvalue weighted by Crippen LogP contribution is -2.18. The Labute approximate surface area is 119 Å². The van der Waals surface area contributed by atoms with Crippen molar-refractivity contribution in [3.05, 3.63) is 23.4 Å². The van der Waals surface area contributed by atoms with Gasteiger partial charge in [-0.1, -0.05) is 19.1 Å². The van der Waals surface area contributed by atoms with Gasteiger partial charge in [-0.2, -0.15) is 11.8 Å². The van der Waals surface area contributed by atoms with E-state index < -0.39 is 0 Å². The third kappa shape index (κ3) is 5.23. The molecule has 5 heteroatoms. The van der Waals surface area contributed by atoms with Crippen molar-refractivity contribution in [2.45, 2.75) is 33.2 Å². The quantitative estimate of drug-likeness (QED) is 0.595. The first kappa shape index (κ1) is 15.2. The van der Waals surface area contributed by atoms with Crippen LogP contribution in [-0.4, -0.2) is 27.5 Å². The van der Waals surface area contributed by atoms with Crippen LogP contribution in [0.3, 0.4) is 0 Å². The minimum absolute atomic E-state index is 0.401. The van der Waals surface area contributed by atoms with Crippen LogP contribution in [-0.2, 0) is 0 Å². The molecule has 1 rings (SSSR count). The molecule has 0 aromatic carbocycles. The normalized spacial score (nSPS) is 12.2. The number of hydrogen-bond acceptors (Lipinski definition) is 4. The van der Waals surface area contributed by atoms with Crippen molar-refractivity contribution >= 4 is 34.8 Å². The Morgan fingerprint density at radius 2 is 2.28 bits per heavy atom. The van der Waals surface area contributed by atoms with Crippen LogP contribution in [0.1, 0.15) is 31.5 Å². The molecule has 0 saturated carbocycles. The fraction of sp³-hybridized carbons (Fsp3) is 0.538. The van der Waals surface area contributed by atoms with Crippen LogP contribution in [0.15, 0.2) is 12.1 Å². The standard InChI is InChI=1S/C13H21N3S2/c1-4-18-6-5-9(2)15-12-8-11(13(14)17)7-10(3)16-12/h7-9H,4-6H2,1-3H3,(H2,14,17)(H,15,16). The van der Waals surface area contributed by atoms with Gasteiger partial charge in [0.25, 0.3) is 0 Å². The number of nitrogens with two attached hydrogens (primary N) is 1. The molecule has 3 N–H and O–H groups in total. The van der Waals surface area contributed by atoms with Crippen molar-refractivity contribution < 1.29 is 0 Å². The number of thiocarbonyl (C=S) groups is 1. The first-order valence-electron chi connectivity index (χ1n) is 6.15. The van der Waals surface area contributed by atoms with E-state index in [0.29, 0.717) is 11.0 Å². The molecule has 18 heavy (non-hydrogen) atoms. The molecule has 1 atom stereocenters. The zero-order valence-electron chi connectivity index (χ0n) is 11.2. The number of aromatic nitrogens is 1. The number of pyridine rings is 1. The van der Waals surface area contributed by atoms with Crippen molar-refractivity contribution in [2.75, 3.05) is 16.8 Å². The number of nitrogens with one attached hydrogen (secondary N) is 1. The van der Waals surface area contributed by atoms with Crippen LogP contribution in [0.4, 0.5) is 5.82 Å². The average Bonchev–Trinajstić information content (AvgIpc) is 2.28. The minimum Gasteiger partial charge on any atom is -0.389 e. The highest BCUT2D eigenvalue weighted by molar-refractivity contribution is 7.99. The maximum atomic E-state index is 5.65. The molecular formula is C13H21N3S2. The Balaban J connectivity index is 2.63. The zero-order valence-corrected chi connectivity index (χ0v) is 12.8. The monoisotopic (exact) mass is 283 g/mol. The lowest BCUT2D eigenvalue weighted by atomic mass is 10.2. The molecule has 0 bridgehead atoms. The SMILES string of the molecule is CCSCCC(C)Nc1cc(C(N)=S)cc(C)n1. The van der Waals surface area contributed by atoms with Gasteiger partial charge in [-0.15, -0.1) is 0 Å². The molecule has 1 aromatic rings. The van der Waals surface area contributed by atoms with Crippen molar-refractivity contribution in [2.24, 2.45) is 5.73 Å². The average molecular weight is 283 g/mol. The smallest absolute Gasteiger partial charge is 0.127 e. The first-order chi connectivity index (χ1) is 8.52. The highest BCUT2D eigenvalue weighted by Gasteiger charge is 2.06. The molecule has 100 valence electrons. The zero-order chi connectivity index (χ0) is 13.5. The van der Waals surface area contributed by atoms with E-state index in [0.717, 1.165) is 23.5 Å². The molecule has 1 aromatic heterocycles. The van der Waals surface area contributed by atoms with Crippen LogP contribution < -0.4 is 11.1 Å². The van der Waals surface area contributed by atoms with Gasteiger partial charge in [-0.05, 0) is 43.9 Å². The number of aryl methyl sites for hydroxylation is 1. The molecule has 3 nitrogen and oxygen atoms in total. The second kappa shape index (κ2) is 7.59. The summed E-state index contributed by atoms with van der Waals surface area (Å²) in [6.45, 7) is 6.30. The number of rotatable bonds is 7. The summed E-state index contributed by atoms with van der Waals surface area (Å²) >= 11 is 6.96. The molecule has 0 radical (unpaired) electrons. The van der Waals surface area contributed by atoms with Crippen molar-refractivity contribution in [1.29, 1.82) is 0 Å². The topological polar surface area (TPSA) is 50.9 Å². The van der Waals surface area contributed by atoms with Crippen molar-refractivity contribution in [3.8, 4) is 0 Å². The molecule has 0 saturated heterocycles. The van der Waals surface area contributed by atoms with Gasteiger partial charge in [0, 0.05) is 17.3 Å². The van der Waals surface area contributed by atoms with Gasteiger partial charge >= 0.3 is 0 Å². The van der Waals surface area contributed by atoms with Gasteiger partial charge in [-0.3, -0.25) is 0 Å². The molecule has 0 amide bonds. The van der Waals surface area contributed by atoms with E-state index in [4.69, 9.17) is 18.0 Å². The second-order valence-electron chi connectivity index (χ2n) is 4.28. The highest BCUT2D eigenvalue weighted by Crippen LogP contribution is 2.13. The third-order valence-electron chi connectivity index (χ3n) is 2.53. The van der Waals surface area contributed by atoms with Crippen LogP contribution in [0, 0.1) is 6.92 Å². The molecule has 0 aliphatic rings. The fourth-order valence-corrected chi connectivity index (χ4v) is 2.54. The Morgan fingerprint density at radius 1 is 1.56 bits per heavy atom.